The van der Waals surface area contributed by atoms with Crippen LogP contribution in [0.5, 0.6) is 46.0 Å². The van der Waals surface area contributed by atoms with Crippen molar-refractivity contribution in [3.05, 3.63) is 58.7 Å². The number of phenols is 3. The molecule has 0 saturated carbocycles. The van der Waals surface area contributed by atoms with E-state index in [0.717, 1.165) is 0 Å². The number of carbonyl (C=O) groups is 1. The minimum Gasteiger partial charge on any atom is -0.504 e. The van der Waals surface area contributed by atoms with Crippen LogP contribution in [-0.2, 0) is 20.6 Å². The molecule has 1 fully saturated rings. The van der Waals surface area contributed by atoms with Gasteiger partial charge in [-0.05, 0) is 65.8 Å². The molecule has 5 rings (SSSR count). The summed E-state index contributed by atoms with van der Waals surface area (Å²) < 4.78 is 44.3. The van der Waals surface area contributed by atoms with Crippen molar-refractivity contribution in [2.45, 2.75) is 43.0 Å². The zero-order valence-electron chi connectivity index (χ0n) is 29.2. The van der Waals surface area contributed by atoms with Crippen molar-refractivity contribution >= 4 is 5.97 Å². The molecule has 8 atom stereocenters. The van der Waals surface area contributed by atoms with Crippen LogP contribution in [0.25, 0.3) is 0 Å². The van der Waals surface area contributed by atoms with Crippen LogP contribution in [0.1, 0.15) is 33.0 Å². The van der Waals surface area contributed by atoms with Gasteiger partial charge in [0, 0.05) is 18.1 Å². The van der Waals surface area contributed by atoms with Gasteiger partial charge in [0.15, 0.2) is 40.8 Å². The van der Waals surface area contributed by atoms with Crippen molar-refractivity contribution < 1.29 is 78.4 Å². The molecule has 284 valence electrons. The van der Waals surface area contributed by atoms with Crippen molar-refractivity contribution in [2.75, 3.05) is 55.4 Å². The Bertz CT molecular complexity index is 1700. The van der Waals surface area contributed by atoms with Gasteiger partial charge in [-0.3, -0.25) is 0 Å². The van der Waals surface area contributed by atoms with Gasteiger partial charge in [-0.15, -0.1) is 0 Å². The highest BCUT2D eigenvalue weighted by Gasteiger charge is 2.47. The van der Waals surface area contributed by atoms with Gasteiger partial charge >= 0.3 is 5.97 Å². The predicted octanol–water partition coefficient (Wildman–Crippen LogP) is 1.44. The minimum atomic E-state index is -1.76. The third-order valence-electron chi connectivity index (χ3n) is 9.61. The summed E-state index contributed by atoms with van der Waals surface area (Å²) in [5.41, 5.74) is 1.79. The lowest BCUT2D eigenvalue weighted by atomic mass is 9.66. The lowest BCUT2D eigenvalue weighted by Gasteiger charge is -2.43. The maximum atomic E-state index is 12.8. The number of ether oxygens (including phenoxy) is 8. The van der Waals surface area contributed by atoms with E-state index in [-0.39, 0.29) is 71.2 Å². The molecule has 0 amide bonds. The van der Waals surface area contributed by atoms with Crippen LogP contribution in [0.15, 0.2) is 36.4 Å². The molecule has 3 aromatic carbocycles. The minimum absolute atomic E-state index is 0.0357. The number of aliphatic hydroxyl groups excluding tert-OH is 4. The maximum absolute atomic E-state index is 12.8. The quantitative estimate of drug-likeness (QED) is 0.123. The van der Waals surface area contributed by atoms with Crippen LogP contribution in [0.2, 0.25) is 0 Å². The number of aliphatic hydroxyl groups is 4. The average molecular weight is 733 g/mol. The zero-order chi connectivity index (χ0) is 37.9. The molecule has 0 bridgehead atoms. The summed E-state index contributed by atoms with van der Waals surface area (Å²) in [4.78, 5) is 12.8. The number of carbonyl (C=O) groups excluding carboxylic acids is 1. The van der Waals surface area contributed by atoms with Crippen LogP contribution < -0.4 is 23.7 Å². The SMILES string of the molecule is COc1cc(C(=O)OCC2OC(OCC3C(CO)Cc4cc(OC)c(O)c(OC)c4C3c3cc(OC)c(O)c(OC)c3)C(O)C(O)C2O)ccc1O. The van der Waals surface area contributed by atoms with Gasteiger partial charge in [0.05, 0.1) is 47.7 Å². The van der Waals surface area contributed by atoms with E-state index in [1.165, 1.54) is 53.7 Å². The van der Waals surface area contributed by atoms with E-state index in [1.807, 2.05) is 0 Å². The molecule has 1 aliphatic carbocycles. The van der Waals surface area contributed by atoms with Crippen LogP contribution in [0, 0.1) is 11.8 Å². The summed E-state index contributed by atoms with van der Waals surface area (Å²) >= 11 is 0. The second-order valence-electron chi connectivity index (χ2n) is 12.4. The molecule has 0 radical (unpaired) electrons. The Kier molecular flexibility index (Phi) is 12.1. The van der Waals surface area contributed by atoms with E-state index in [0.29, 0.717) is 16.7 Å². The Labute approximate surface area is 299 Å². The van der Waals surface area contributed by atoms with Crippen molar-refractivity contribution in [2.24, 2.45) is 11.8 Å². The highest BCUT2D eigenvalue weighted by molar-refractivity contribution is 5.90. The molecule has 2 aliphatic rings. The molecule has 0 spiro atoms. The van der Waals surface area contributed by atoms with E-state index in [9.17, 15) is 40.5 Å². The first kappa shape index (κ1) is 38.5. The Balaban J connectivity index is 1.46. The van der Waals surface area contributed by atoms with Crippen LogP contribution in [0.3, 0.4) is 0 Å². The van der Waals surface area contributed by atoms with E-state index in [1.54, 1.807) is 18.2 Å². The van der Waals surface area contributed by atoms with Gasteiger partial charge in [0.2, 0.25) is 11.5 Å². The van der Waals surface area contributed by atoms with Gasteiger partial charge < -0.3 is 73.6 Å². The number of hydrogen-bond acceptors (Lipinski definition) is 16. The summed E-state index contributed by atoms with van der Waals surface area (Å²) in [6, 6.07) is 8.64. The first-order valence-corrected chi connectivity index (χ1v) is 16.3. The molecule has 1 saturated heterocycles. The molecular formula is C36H44O16. The maximum Gasteiger partial charge on any atom is 0.338 e. The van der Waals surface area contributed by atoms with Crippen molar-refractivity contribution in [3.8, 4) is 46.0 Å². The first-order chi connectivity index (χ1) is 24.9. The lowest BCUT2D eigenvalue weighted by Crippen LogP contribution is -2.59. The third-order valence-corrected chi connectivity index (χ3v) is 9.61. The molecule has 0 aromatic heterocycles. The Morgan fingerprint density at radius 2 is 1.40 bits per heavy atom. The fourth-order valence-electron chi connectivity index (χ4n) is 6.86. The zero-order valence-corrected chi connectivity index (χ0v) is 29.2. The Morgan fingerprint density at radius 3 is 2.00 bits per heavy atom. The second-order valence-corrected chi connectivity index (χ2v) is 12.4. The highest BCUT2D eigenvalue weighted by Crippen LogP contribution is 2.54. The van der Waals surface area contributed by atoms with Gasteiger partial charge in [-0.1, -0.05) is 0 Å². The molecule has 3 aromatic rings. The standard InChI is InChI=1S/C36H44O16/c1-45-22-9-16(6-7-21(22)38)35(44)50-15-26-30(40)32(42)33(43)36(52-26)51-14-20-19(13-37)8-17-10-25(48-4)31(41)34(49-5)28(17)27(20)18-11-23(46-2)29(39)24(12-18)47-3/h6-7,9-12,19-20,26-27,30,32-33,36-43H,8,13-15H2,1-5H3. The van der Waals surface area contributed by atoms with Crippen LogP contribution in [0.4, 0.5) is 0 Å². The number of aromatic hydroxyl groups is 3. The Hall–Kier alpha value is -4.71. The van der Waals surface area contributed by atoms with Gasteiger partial charge in [-0.2, -0.15) is 0 Å². The summed E-state index contributed by atoms with van der Waals surface area (Å²) in [5, 5.41) is 74.8. The number of methoxy groups -OCH3 is 5. The summed E-state index contributed by atoms with van der Waals surface area (Å²) in [5.74, 6) is -2.93. The largest absolute Gasteiger partial charge is 0.504 e. The fourth-order valence-corrected chi connectivity index (χ4v) is 6.86. The molecule has 52 heavy (non-hydrogen) atoms. The average Bonchev–Trinajstić information content (AvgIpc) is 3.15. The number of hydrogen-bond donors (Lipinski definition) is 7. The molecule has 1 aliphatic heterocycles. The summed E-state index contributed by atoms with van der Waals surface area (Å²) in [6.07, 6.45) is -7.75. The molecule has 1 heterocycles. The molecular weight excluding hydrogens is 688 g/mol. The number of phenolic OH excluding ortho intramolecular Hbond substituents is 3. The number of esters is 1. The number of fused-ring (bicyclic) bond motifs is 1. The predicted molar refractivity (Wildman–Crippen MR) is 180 cm³/mol. The molecule has 7 N–H and O–H groups in total. The van der Waals surface area contributed by atoms with Gasteiger partial charge in [-0.25, -0.2) is 4.79 Å². The van der Waals surface area contributed by atoms with E-state index < -0.39 is 61.0 Å². The lowest BCUT2D eigenvalue weighted by molar-refractivity contribution is -0.304. The van der Waals surface area contributed by atoms with Crippen molar-refractivity contribution in [1.29, 1.82) is 0 Å². The van der Waals surface area contributed by atoms with Gasteiger partial charge in [0.1, 0.15) is 31.0 Å². The van der Waals surface area contributed by atoms with Crippen LogP contribution in [-0.4, -0.2) is 128 Å². The summed E-state index contributed by atoms with van der Waals surface area (Å²) in [6.45, 7) is -1.09. The van der Waals surface area contributed by atoms with Crippen molar-refractivity contribution in [3.63, 3.8) is 0 Å². The van der Waals surface area contributed by atoms with E-state index >= 15 is 0 Å². The second kappa shape index (κ2) is 16.3. The number of rotatable bonds is 13. The molecule has 16 nitrogen and oxygen atoms in total. The number of benzene rings is 3. The first-order valence-electron chi connectivity index (χ1n) is 16.3. The van der Waals surface area contributed by atoms with E-state index in [4.69, 9.17) is 37.9 Å². The fraction of sp³-hybridized carbons (Fsp3) is 0.472. The summed E-state index contributed by atoms with van der Waals surface area (Å²) in [7, 11) is 6.85. The topological polar surface area (TPSA) is 233 Å². The third kappa shape index (κ3) is 7.30. The smallest absolute Gasteiger partial charge is 0.338 e. The normalized spacial score (nSPS) is 25.5. The van der Waals surface area contributed by atoms with Crippen molar-refractivity contribution in [1.82, 2.24) is 0 Å². The highest BCUT2D eigenvalue weighted by atomic mass is 16.7. The van der Waals surface area contributed by atoms with Crippen LogP contribution >= 0.6 is 0 Å². The monoisotopic (exact) mass is 732 g/mol. The molecule has 8 unspecified atom stereocenters. The molecule has 16 heteroatoms. The van der Waals surface area contributed by atoms with Gasteiger partial charge in [0.25, 0.3) is 0 Å². The van der Waals surface area contributed by atoms with E-state index in [2.05, 4.69) is 0 Å². The Morgan fingerprint density at radius 1 is 0.769 bits per heavy atom.